The lowest BCUT2D eigenvalue weighted by atomic mass is 10.2. The average molecular weight is 427 g/mol. The minimum absolute atomic E-state index is 0.0495. The number of aryl methyl sites for hydroxylation is 1. The smallest absolute Gasteiger partial charge is 0.331 e. The number of carbonyl (C=O) groups is 3. The van der Waals surface area contributed by atoms with Gasteiger partial charge in [-0.1, -0.05) is 48.0 Å². The predicted molar refractivity (Wildman–Crippen MR) is 109 cm³/mol. The molecule has 2 aromatic rings. The fourth-order valence-corrected chi connectivity index (χ4v) is 4.85. The quantitative estimate of drug-likeness (QED) is 0.398. The van der Waals surface area contributed by atoms with Crippen LogP contribution in [-0.2, 0) is 35.5 Å². The lowest BCUT2D eigenvalue weighted by Crippen LogP contribution is -2.34. The van der Waals surface area contributed by atoms with E-state index in [0.29, 0.717) is 5.56 Å². The van der Waals surface area contributed by atoms with Crippen LogP contribution in [0, 0.1) is 6.92 Å². The van der Waals surface area contributed by atoms with Crippen LogP contribution in [0.25, 0.3) is 0 Å². The van der Waals surface area contributed by atoms with Gasteiger partial charge in [0.1, 0.15) is 0 Å². The van der Waals surface area contributed by atoms with Gasteiger partial charge < -0.3 is 4.74 Å². The van der Waals surface area contributed by atoms with Crippen LogP contribution >= 0.6 is 0 Å². The maximum Gasteiger partial charge on any atom is 0.331 e. The van der Waals surface area contributed by atoms with Gasteiger partial charge in [-0.25, -0.2) is 13.2 Å². The van der Waals surface area contributed by atoms with Crippen molar-refractivity contribution in [3.63, 3.8) is 0 Å². The standard InChI is InChI=1S/C22H21NO6S/c1-3-29-19(24)13-18-20(30(27,28)17-11-9-15(2)10-12-17)22(26)23(21(18)25)14-16-7-5-4-6-8-16/h4-13,20H,3,14H2,1-2H3/b18-13+. The molecule has 2 aromatic carbocycles. The van der Waals surface area contributed by atoms with Crippen molar-refractivity contribution in [3.05, 3.63) is 77.4 Å². The van der Waals surface area contributed by atoms with E-state index in [1.54, 1.807) is 56.3 Å². The Morgan fingerprint density at radius 1 is 1.07 bits per heavy atom. The summed E-state index contributed by atoms with van der Waals surface area (Å²) in [5.74, 6) is -2.59. The van der Waals surface area contributed by atoms with Gasteiger partial charge >= 0.3 is 5.97 Å². The normalized spacial score (nSPS) is 18.1. The Bertz CT molecular complexity index is 1100. The maximum absolute atomic E-state index is 13.3. The molecule has 0 bridgehead atoms. The van der Waals surface area contributed by atoms with Gasteiger partial charge in [-0.05, 0) is 31.5 Å². The molecule has 156 valence electrons. The highest BCUT2D eigenvalue weighted by atomic mass is 32.2. The number of esters is 1. The summed E-state index contributed by atoms with van der Waals surface area (Å²) in [6.07, 6.45) is 0.811. The van der Waals surface area contributed by atoms with E-state index in [0.717, 1.165) is 16.5 Å². The molecule has 8 heteroatoms. The van der Waals surface area contributed by atoms with Crippen LogP contribution in [0.5, 0.6) is 0 Å². The van der Waals surface area contributed by atoms with Crippen molar-refractivity contribution in [2.24, 2.45) is 0 Å². The second-order valence-electron chi connectivity index (χ2n) is 6.80. The molecule has 1 atom stereocenters. The predicted octanol–water partition coefficient (Wildman–Crippen LogP) is 2.20. The molecular formula is C22H21NO6S. The molecule has 1 aliphatic heterocycles. The molecule has 0 N–H and O–H groups in total. The van der Waals surface area contributed by atoms with Crippen LogP contribution in [0.2, 0.25) is 0 Å². The minimum Gasteiger partial charge on any atom is -0.463 e. The molecule has 2 amide bonds. The molecule has 3 rings (SSSR count). The molecule has 0 radical (unpaired) electrons. The van der Waals surface area contributed by atoms with Crippen molar-refractivity contribution in [2.75, 3.05) is 6.61 Å². The zero-order valence-corrected chi connectivity index (χ0v) is 17.4. The Hall–Kier alpha value is -3.26. The summed E-state index contributed by atoms with van der Waals surface area (Å²) in [6, 6.07) is 14.7. The van der Waals surface area contributed by atoms with Gasteiger partial charge in [-0.2, -0.15) is 0 Å². The highest BCUT2D eigenvalue weighted by Crippen LogP contribution is 2.31. The van der Waals surface area contributed by atoms with E-state index in [1.165, 1.54) is 12.1 Å². The Labute approximate surface area is 174 Å². The number of hydrogen-bond donors (Lipinski definition) is 0. The van der Waals surface area contributed by atoms with Gasteiger partial charge in [-0.3, -0.25) is 14.5 Å². The molecule has 1 aliphatic rings. The number of imide groups is 1. The number of hydrogen-bond acceptors (Lipinski definition) is 6. The molecule has 1 saturated heterocycles. The van der Waals surface area contributed by atoms with E-state index in [9.17, 15) is 22.8 Å². The molecule has 30 heavy (non-hydrogen) atoms. The Morgan fingerprint density at radius 3 is 2.30 bits per heavy atom. The fraction of sp³-hybridized carbons (Fsp3) is 0.227. The average Bonchev–Trinajstić information content (AvgIpc) is 2.94. The zero-order chi connectivity index (χ0) is 21.9. The lowest BCUT2D eigenvalue weighted by Gasteiger charge is -2.15. The van der Waals surface area contributed by atoms with Crippen LogP contribution in [0.4, 0.5) is 0 Å². The van der Waals surface area contributed by atoms with Crippen molar-refractivity contribution in [2.45, 2.75) is 30.5 Å². The molecule has 0 aromatic heterocycles. The van der Waals surface area contributed by atoms with Gasteiger partial charge in [0.15, 0.2) is 15.1 Å². The number of carbonyl (C=O) groups excluding carboxylic acids is 3. The summed E-state index contributed by atoms with van der Waals surface area (Å²) in [6.45, 7) is 3.33. The van der Waals surface area contributed by atoms with Crippen molar-refractivity contribution < 1.29 is 27.5 Å². The molecule has 1 heterocycles. The first-order valence-corrected chi connectivity index (χ1v) is 10.9. The summed E-state index contributed by atoms with van der Waals surface area (Å²) in [5, 5.41) is -1.80. The second kappa shape index (κ2) is 8.62. The van der Waals surface area contributed by atoms with Crippen LogP contribution in [0.3, 0.4) is 0 Å². The minimum atomic E-state index is -4.26. The van der Waals surface area contributed by atoms with Gasteiger partial charge in [0.05, 0.1) is 23.6 Å². The van der Waals surface area contributed by atoms with Gasteiger partial charge in [0.2, 0.25) is 0 Å². The van der Waals surface area contributed by atoms with Gasteiger partial charge in [0, 0.05) is 6.08 Å². The van der Waals surface area contributed by atoms with Crippen molar-refractivity contribution in [3.8, 4) is 0 Å². The molecule has 1 fully saturated rings. The molecule has 1 unspecified atom stereocenters. The monoisotopic (exact) mass is 427 g/mol. The van der Waals surface area contributed by atoms with Crippen molar-refractivity contribution >= 4 is 27.6 Å². The number of sulfone groups is 1. The molecule has 0 spiro atoms. The first-order chi connectivity index (χ1) is 14.3. The second-order valence-corrected chi connectivity index (χ2v) is 8.84. The Balaban J connectivity index is 2.07. The number of rotatable bonds is 6. The third kappa shape index (κ3) is 4.18. The number of nitrogens with zero attached hydrogens (tertiary/aromatic N) is 1. The fourth-order valence-electron chi connectivity index (χ4n) is 3.17. The van der Waals surface area contributed by atoms with E-state index in [2.05, 4.69) is 0 Å². The number of likely N-dealkylation sites (tertiary alicyclic amines) is 1. The third-order valence-corrected chi connectivity index (χ3v) is 6.67. The summed E-state index contributed by atoms with van der Waals surface area (Å²) in [7, 11) is -4.26. The largest absolute Gasteiger partial charge is 0.463 e. The number of benzene rings is 2. The molecule has 0 aliphatic carbocycles. The third-order valence-electron chi connectivity index (χ3n) is 4.67. The number of amides is 2. The molecule has 7 nitrogen and oxygen atoms in total. The van der Waals surface area contributed by atoms with E-state index in [-0.39, 0.29) is 18.0 Å². The molecule has 0 saturated carbocycles. The van der Waals surface area contributed by atoms with Crippen molar-refractivity contribution in [1.29, 1.82) is 0 Å². The maximum atomic E-state index is 13.3. The Morgan fingerprint density at radius 2 is 1.70 bits per heavy atom. The van der Waals surface area contributed by atoms with Crippen LogP contribution in [-0.4, -0.2) is 43.0 Å². The van der Waals surface area contributed by atoms with Crippen LogP contribution in [0.1, 0.15) is 18.1 Å². The lowest BCUT2D eigenvalue weighted by molar-refractivity contribution is -0.139. The summed E-state index contributed by atoms with van der Waals surface area (Å²) < 4.78 is 31.3. The van der Waals surface area contributed by atoms with Gasteiger partial charge in [-0.15, -0.1) is 0 Å². The summed E-state index contributed by atoms with van der Waals surface area (Å²) in [4.78, 5) is 38.8. The first kappa shape index (κ1) is 21.4. The van der Waals surface area contributed by atoms with Crippen LogP contribution < -0.4 is 0 Å². The first-order valence-electron chi connectivity index (χ1n) is 9.34. The SMILES string of the molecule is CCOC(=O)/C=C1/C(=O)N(Cc2ccccc2)C(=O)C1S(=O)(=O)c1ccc(C)cc1. The van der Waals surface area contributed by atoms with Crippen molar-refractivity contribution in [1.82, 2.24) is 4.90 Å². The number of ether oxygens (including phenoxy) is 1. The highest BCUT2D eigenvalue weighted by molar-refractivity contribution is 7.93. The molecular weight excluding hydrogens is 406 g/mol. The topological polar surface area (TPSA) is 97.8 Å². The highest BCUT2D eigenvalue weighted by Gasteiger charge is 2.51. The Kier molecular flexibility index (Phi) is 6.17. The summed E-state index contributed by atoms with van der Waals surface area (Å²) in [5.41, 5.74) is 1.09. The van der Waals surface area contributed by atoms with E-state index in [4.69, 9.17) is 4.74 Å². The van der Waals surface area contributed by atoms with E-state index >= 15 is 0 Å². The van der Waals surface area contributed by atoms with E-state index < -0.39 is 38.4 Å². The van der Waals surface area contributed by atoms with E-state index in [1.807, 2.05) is 0 Å². The zero-order valence-electron chi connectivity index (χ0n) is 16.6. The van der Waals surface area contributed by atoms with Gasteiger partial charge in [0.25, 0.3) is 11.8 Å². The summed E-state index contributed by atoms with van der Waals surface area (Å²) >= 11 is 0. The van der Waals surface area contributed by atoms with Crippen LogP contribution in [0.15, 0.2) is 71.1 Å².